The second-order valence-electron chi connectivity index (χ2n) is 4.47. The second kappa shape index (κ2) is 7.37. The van der Waals surface area contributed by atoms with Crippen molar-refractivity contribution < 1.29 is 13.2 Å². The van der Waals surface area contributed by atoms with E-state index in [1.165, 1.54) is 16.6 Å². The quantitative estimate of drug-likeness (QED) is 0.782. The maximum absolute atomic E-state index is 12.3. The van der Waals surface area contributed by atoms with Crippen LogP contribution in [0.1, 0.15) is 13.8 Å². The number of carbonyl (C=O) groups excluding carboxylic acids is 1. The molecule has 1 heterocycles. The Bertz CT molecular complexity index is 568. The van der Waals surface area contributed by atoms with Gasteiger partial charge in [0.15, 0.2) is 0 Å². The number of likely N-dealkylation sites (N-methyl/N-ethyl adjacent to an activating group) is 2. The van der Waals surface area contributed by atoms with Crippen LogP contribution in [-0.4, -0.2) is 57.3 Å². The number of anilines is 1. The van der Waals surface area contributed by atoms with E-state index in [1.54, 1.807) is 38.9 Å². The van der Waals surface area contributed by atoms with Crippen LogP contribution in [0.4, 0.5) is 5.82 Å². The fourth-order valence-electron chi connectivity index (χ4n) is 1.84. The Hall–Kier alpha value is -1.67. The average Bonchev–Trinajstić information content (AvgIpc) is 2.48. The molecule has 1 aromatic heterocycles. The Morgan fingerprint density at radius 2 is 1.90 bits per heavy atom. The number of pyridine rings is 1. The molecule has 1 amide bonds. The van der Waals surface area contributed by atoms with E-state index in [2.05, 4.69) is 10.3 Å². The van der Waals surface area contributed by atoms with Gasteiger partial charge in [0.2, 0.25) is 15.9 Å². The van der Waals surface area contributed by atoms with Crippen molar-refractivity contribution in [2.45, 2.75) is 18.7 Å². The molecule has 1 aromatic rings. The number of aromatic nitrogens is 1. The fraction of sp³-hybridized carbons (Fsp3) is 0.538. The first kappa shape index (κ1) is 17.4. The van der Waals surface area contributed by atoms with Gasteiger partial charge in [-0.05, 0) is 12.1 Å². The van der Waals surface area contributed by atoms with E-state index in [4.69, 9.17) is 0 Å². The molecule has 0 bridgehead atoms. The summed E-state index contributed by atoms with van der Waals surface area (Å²) in [7, 11) is -0.221. The van der Waals surface area contributed by atoms with Gasteiger partial charge in [0, 0.05) is 33.4 Å². The van der Waals surface area contributed by atoms with Gasteiger partial charge in [-0.25, -0.2) is 13.4 Å². The molecule has 0 aromatic carbocycles. The third kappa shape index (κ3) is 4.15. The molecule has 0 atom stereocenters. The number of carbonyl (C=O) groups is 1. The third-order valence-electron chi connectivity index (χ3n) is 3.11. The number of hydrogen-bond donors (Lipinski definition) is 1. The minimum absolute atomic E-state index is 0.140. The van der Waals surface area contributed by atoms with Gasteiger partial charge < -0.3 is 10.2 Å². The Balaban J connectivity index is 2.94. The van der Waals surface area contributed by atoms with Crippen molar-refractivity contribution in [3.8, 4) is 0 Å². The molecule has 0 radical (unpaired) electrons. The molecule has 0 saturated heterocycles. The molecule has 1 N–H and O–H groups in total. The van der Waals surface area contributed by atoms with Crippen LogP contribution in [0, 0.1) is 0 Å². The van der Waals surface area contributed by atoms with Crippen molar-refractivity contribution in [2.75, 3.05) is 38.6 Å². The van der Waals surface area contributed by atoms with E-state index < -0.39 is 10.0 Å². The third-order valence-corrected chi connectivity index (χ3v) is 5.15. The van der Waals surface area contributed by atoms with E-state index in [1.807, 2.05) is 0 Å². The molecule has 0 aliphatic rings. The van der Waals surface area contributed by atoms with Crippen molar-refractivity contribution in [2.24, 2.45) is 0 Å². The monoisotopic (exact) mass is 314 g/mol. The summed E-state index contributed by atoms with van der Waals surface area (Å²) in [5.74, 6) is 0.399. The first-order chi connectivity index (χ1) is 9.86. The van der Waals surface area contributed by atoms with Crippen LogP contribution in [0.5, 0.6) is 0 Å². The molecule has 0 saturated carbocycles. The minimum atomic E-state index is -3.50. The normalized spacial score (nSPS) is 11.5. The van der Waals surface area contributed by atoms with Gasteiger partial charge in [-0.1, -0.05) is 13.8 Å². The summed E-state index contributed by atoms with van der Waals surface area (Å²) < 4.78 is 26.0. The first-order valence-electron chi connectivity index (χ1n) is 6.74. The maximum Gasteiger partial charge on any atom is 0.244 e. The molecule has 1 rings (SSSR count). The Labute approximate surface area is 126 Å². The van der Waals surface area contributed by atoms with E-state index in [0.717, 1.165) is 0 Å². The van der Waals surface area contributed by atoms with Gasteiger partial charge in [0.05, 0.1) is 6.54 Å². The van der Waals surface area contributed by atoms with Crippen molar-refractivity contribution in [1.29, 1.82) is 0 Å². The largest absolute Gasteiger partial charge is 0.358 e. The Morgan fingerprint density at radius 1 is 1.29 bits per heavy atom. The second-order valence-corrected chi connectivity index (χ2v) is 6.41. The van der Waals surface area contributed by atoms with Gasteiger partial charge in [0.25, 0.3) is 0 Å². The zero-order valence-corrected chi connectivity index (χ0v) is 13.6. The van der Waals surface area contributed by atoms with E-state index in [-0.39, 0.29) is 17.3 Å². The van der Waals surface area contributed by atoms with Crippen LogP contribution < -0.4 is 10.2 Å². The number of hydrogen-bond acceptors (Lipinski definition) is 5. The molecule has 8 heteroatoms. The number of rotatable bonds is 7. The summed E-state index contributed by atoms with van der Waals surface area (Å²) in [5, 5.41) is 2.52. The highest BCUT2D eigenvalue weighted by atomic mass is 32.2. The van der Waals surface area contributed by atoms with Crippen LogP contribution in [0.3, 0.4) is 0 Å². The molecule has 0 aliphatic carbocycles. The summed E-state index contributed by atoms with van der Waals surface area (Å²) in [4.78, 5) is 17.2. The predicted octanol–water partition coefficient (Wildman–Crippen LogP) is 0.294. The Kier molecular flexibility index (Phi) is 6.10. The summed E-state index contributed by atoms with van der Waals surface area (Å²) in [5.41, 5.74) is 0. The van der Waals surface area contributed by atoms with Crippen molar-refractivity contribution >= 4 is 21.7 Å². The van der Waals surface area contributed by atoms with Gasteiger partial charge >= 0.3 is 0 Å². The Morgan fingerprint density at radius 3 is 2.33 bits per heavy atom. The van der Waals surface area contributed by atoms with Gasteiger partial charge in [0.1, 0.15) is 10.7 Å². The zero-order valence-electron chi connectivity index (χ0n) is 12.8. The van der Waals surface area contributed by atoms with Gasteiger partial charge in [-0.15, -0.1) is 0 Å². The summed E-state index contributed by atoms with van der Waals surface area (Å²) in [6.45, 7) is 4.57. The molecular formula is C13H22N4O3S. The lowest BCUT2D eigenvalue weighted by molar-refractivity contribution is -0.119. The SMILES string of the molecule is CCN(CC)S(=O)(=O)c1ccc(N(C)CC(=O)NC)nc1. The molecule has 0 fully saturated rings. The number of amides is 1. The zero-order chi connectivity index (χ0) is 16.0. The first-order valence-corrected chi connectivity index (χ1v) is 8.18. The average molecular weight is 314 g/mol. The highest BCUT2D eigenvalue weighted by Crippen LogP contribution is 2.17. The molecule has 0 aliphatic heterocycles. The minimum Gasteiger partial charge on any atom is -0.358 e. The maximum atomic E-state index is 12.3. The summed E-state index contributed by atoms with van der Waals surface area (Å²) in [6, 6.07) is 3.11. The van der Waals surface area contributed by atoms with Crippen molar-refractivity contribution in [3.05, 3.63) is 18.3 Å². The van der Waals surface area contributed by atoms with E-state index >= 15 is 0 Å². The van der Waals surface area contributed by atoms with Crippen molar-refractivity contribution in [3.63, 3.8) is 0 Å². The lowest BCUT2D eigenvalue weighted by Gasteiger charge is -2.20. The van der Waals surface area contributed by atoms with Crippen LogP contribution in [-0.2, 0) is 14.8 Å². The van der Waals surface area contributed by atoms with Crippen LogP contribution in [0.25, 0.3) is 0 Å². The lowest BCUT2D eigenvalue weighted by Crippen LogP contribution is -2.33. The van der Waals surface area contributed by atoms with E-state index in [9.17, 15) is 13.2 Å². The van der Waals surface area contributed by atoms with Crippen molar-refractivity contribution in [1.82, 2.24) is 14.6 Å². The standard InChI is InChI=1S/C13H22N4O3S/c1-5-17(6-2)21(19,20)11-7-8-12(15-9-11)16(4)10-13(18)14-3/h7-9H,5-6,10H2,1-4H3,(H,14,18). The number of nitrogens with one attached hydrogen (secondary N) is 1. The summed E-state index contributed by atoms with van der Waals surface area (Å²) in [6.07, 6.45) is 1.32. The van der Waals surface area contributed by atoms with E-state index in [0.29, 0.717) is 18.9 Å². The van der Waals surface area contributed by atoms with Gasteiger partial charge in [-0.3, -0.25) is 4.79 Å². The smallest absolute Gasteiger partial charge is 0.244 e. The molecule has 0 spiro atoms. The van der Waals surface area contributed by atoms with Crippen LogP contribution in [0.15, 0.2) is 23.2 Å². The highest BCUT2D eigenvalue weighted by molar-refractivity contribution is 7.89. The number of sulfonamides is 1. The fourth-order valence-corrected chi connectivity index (χ4v) is 3.24. The lowest BCUT2D eigenvalue weighted by atomic mass is 10.4. The molecule has 7 nitrogen and oxygen atoms in total. The molecular weight excluding hydrogens is 292 g/mol. The molecule has 21 heavy (non-hydrogen) atoms. The molecule has 118 valence electrons. The van der Waals surface area contributed by atoms with Gasteiger partial charge in [-0.2, -0.15) is 4.31 Å². The molecule has 0 unspecified atom stereocenters. The predicted molar refractivity (Wildman–Crippen MR) is 81.7 cm³/mol. The topological polar surface area (TPSA) is 82.6 Å². The van der Waals surface area contributed by atoms with Crippen LogP contribution >= 0.6 is 0 Å². The highest BCUT2D eigenvalue weighted by Gasteiger charge is 2.22. The number of nitrogens with zero attached hydrogens (tertiary/aromatic N) is 3. The van der Waals surface area contributed by atoms with Crippen LogP contribution in [0.2, 0.25) is 0 Å². The summed E-state index contributed by atoms with van der Waals surface area (Å²) >= 11 is 0.